The normalized spacial score (nSPS) is 8.46. The molecular formula is C17H24O7. The van der Waals surface area contributed by atoms with Crippen LogP contribution in [0.15, 0.2) is 49.1 Å². The standard InChI is InChI=1S/C8H10O4.C6H10O2.C3H4O/c1-3-12-8(11)6(2)4-5-7(9)10;1-4-8-6(7)5(2)3;1-2-3-4/h4-5H,2-3H2,1H3,(H,9,10);2,4H2,1,3H3;2-3H,1H2. The largest absolute Gasteiger partial charge is 0.478 e. The van der Waals surface area contributed by atoms with Crippen LogP contribution in [0.4, 0.5) is 0 Å². The van der Waals surface area contributed by atoms with E-state index in [1.54, 1.807) is 20.8 Å². The highest BCUT2D eigenvalue weighted by molar-refractivity contribution is 5.93. The second-order valence-electron chi connectivity index (χ2n) is 3.79. The van der Waals surface area contributed by atoms with Crippen molar-refractivity contribution in [2.45, 2.75) is 20.8 Å². The first-order valence-corrected chi connectivity index (χ1v) is 6.83. The SMILES string of the molecule is C=C(C)C(=O)OCC.C=C(C=CC(=O)O)C(=O)OCC.C=CC=O. The van der Waals surface area contributed by atoms with Gasteiger partial charge in [-0.1, -0.05) is 19.7 Å². The summed E-state index contributed by atoms with van der Waals surface area (Å²) in [4.78, 5) is 40.3. The van der Waals surface area contributed by atoms with E-state index in [0.717, 1.165) is 12.2 Å². The average molecular weight is 340 g/mol. The van der Waals surface area contributed by atoms with E-state index >= 15 is 0 Å². The predicted molar refractivity (Wildman–Crippen MR) is 90.3 cm³/mol. The summed E-state index contributed by atoms with van der Waals surface area (Å²) in [7, 11) is 0. The van der Waals surface area contributed by atoms with Gasteiger partial charge in [-0.05, 0) is 32.9 Å². The topological polar surface area (TPSA) is 107 Å². The molecule has 0 saturated carbocycles. The lowest BCUT2D eigenvalue weighted by Gasteiger charge is -1.98. The first-order chi connectivity index (χ1) is 11.2. The van der Waals surface area contributed by atoms with Gasteiger partial charge in [0.15, 0.2) is 0 Å². The molecule has 7 heteroatoms. The zero-order valence-corrected chi connectivity index (χ0v) is 14.2. The average Bonchev–Trinajstić information content (AvgIpc) is 2.53. The molecule has 0 heterocycles. The number of carbonyl (C=O) groups is 4. The molecule has 0 amide bonds. The number of carbonyl (C=O) groups excluding carboxylic acids is 3. The summed E-state index contributed by atoms with van der Waals surface area (Å²) >= 11 is 0. The van der Waals surface area contributed by atoms with Crippen molar-refractivity contribution >= 4 is 24.2 Å². The lowest BCUT2D eigenvalue weighted by molar-refractivity contribution is -0.139. The van der Waals surface area contributed by atoms with Crippen LogP contribution in [-0.2, 0) is 28.7 Å². The lowest BCUT2D eigenvalue weighted by Crippen LogP contribution is -2.05. The Labute approximate surface area is 141 Å². The number of hydrogen-bond donors (Lipinski definition) is 1. The number of aliphatic carboxylic acids is 1. The highest BCUT2D eigenvalue weighted by Gasteiger charge is 2.03. The summed E-state index contributed by atoms with van der Waals surface area (Å²) in [6.07, 6.45) is 3.76. The number of allylic oxidation sites excluding steroid dienone is 1. The van der Waals surface area contributed by atoms with Crippen LogP contribution in [0.25, 0.3) is 0 Å². The number of hydrogen-bond acceptors (Lipinski definition) is 6. The molecule has 0 aliphatic rings. The van der Waals surface area contributed by atoms with E-state index in [1.165, 1.54) is 6.08 Å². The molecule has 0 aromatic heterocycles. The second kappa shape index (κ2) is 18.1. The molecule has 0 atom stereocenters. The van der Waals surface area contributed by atoms with Crippen LogP contribution in [0.3, 0.4) is 0 Å². The van der Waals surface area contributed by atoms with Crippen molar-refractivity contribution in [2.24, 2.45) is 0 Å². The Morgan fingerprint density at radius 1 is 1.00 bits per heavy atom. The Morgan fingerprint density at radius 2 is 1.42 bits per heavy atom. The Balaban J connectivity index is -0.000000316. The third kappa shape index (κ3) is 21.3. The second-order valence-corrected chi connectivity index (χ2v) is 3.79. The van der Waals surface area contributed by atoms with Gasteiger partial charge in [0.2, 0.25) is 0 Å². The van der Waals surface area contributed by atoms with Crippen molar-refractivity contribution in [1.82, 2.24) is 0 Å². The number of carboxylic acids is 1. The number of aldehydes is 1. The third-order valence-corrected chi connectivity index (χ3v) is 1.68. The molecule has 0 unspecified atom stereocenters. The fourth-order valence-corrected chi connectivity index (χ4v) is 0.718. The summed E-state index contributed by atoms with van der Waals surface area (Å²) in [5, 5.41) is 8.19. The van der Waals surface area contributed by atoms with Crippen LogP contribution in [-0.4, -0.2) is 42.5 Å². The summed E-state index contributed by atoms with van der Waals surface area (Å²) < 4.78 is 9.12. The van der Waals surface area contributed by atoms with E-state index in [4.69, 9.17) is 9.90 Å². The molecule has 0 saturated heterocycles. The molecule has 0 radical (unpaired) electrons. The summed E-state index contributed by atoms with van der Waals surface area (Å²) in [5.74, 6) is -2.04. The Bertz CT molecular complexity index is 481. The maximum Gasteiger partial charge on any atom is 0.337 e. The molecule has 7 nitrogen and oxygen atoms in total. The fourth-order valence-electron chi connectivity index (χ4n) is 0.718. The molecule has 24 heavy (non-hydrogen) atoms. The predicted octanol–water partition coefficient (Wildman–Crippen LogP) is 2.24. The van der Waals surface area contributed by atoms with Gasteiger partial charge < -0.3 is 14.6 Å². The van der Waals surface area contributed by atoms with Crippen molar-refractivity contribution in [3.05, 3.63) is 49.1 Å². The Kier molecular flexibility index (Phi) is 19.6. The van der Waals surface area contributed by atoms with Crippen molar-refractivity contribution in [1.29, 1.82) is 0 Å². The van der Waals surface area contributed by atoms with E-state index in [1.807, 2.05) is 0 Å². The number of esters is 2. The molecule has 0 fully saturated rings. The van der Waals surface area contributed by atoms with Crippen molar-refractivity contribution in [2.75, 3.05) is 13.2 Å². The summed E-state index contributed by atoms with van der Waals surface area (Å²) in [6, 6.07) is 0. The first-order valence-electron chi connectivity index (χ1n) is 6.83. The third-order valence-electron chi connectivity index (χ3n) is 1.68. The maximum atomic E-state index is 10.8. The Hall–Kier alpha value is -2.96. The molecule has 0 aliphatic carbocycles. The van der Waals surface area contributed by atoms with E-state index < -0.39 is 11.9 Å². The summed E-state index contributed by atoms with van der Waals surface area (Å²) in [5.41, 5.74) is 0.478. The molecule has 0 aliphatic heterocycles. The smallest absolute Gasteiger partial charge is 0.337 e. The highest BCUT2D eigenvalue weighted by atomic mass is 16.5. The van der Waals surface area contributed by atoms with Gasteiger partial charge in [0, 0.05) is 11.6 Å². The number of rotatable bonds is 7. The molecular weight excluding hydrogens is 316 g/mol. The first kappa shape index (κ1) is 26.0. The van der Waals surface area contributed by atoms with E-state index in [2.05, 4.69) is 29.2 Å². The van der Waals surface area contributed by atoms with Gasteiger partial charge in [-0.25, -0.2) is 14.4 Å². The molecule has 0 spiro atoms. The van der Waals surface area contributed by atoms with E-state index in [0.29, 0.717) is 18.5 Å². The minimum absolute atomic E-state index is 0.0271. The zero-order chi connectivity index (χ0) is 19.5. The fraction of sp³-hybridized carbons (Fsp3) is 0.294. The minimum atomic E-state index is -1.12. The molecule has 0 aromatic carbocycles. The minimum Gasteiger partial charge on any atom is -0.478 e. The molecule has 134 valence electrons. The zero-order valence-electron chi connectivity index (χ0n) is 14.2. The van der Waals surface area contributed by atoms with Crippen LogP contribution in [0.2, 0.25) is 0 Å². The van der Waals surface area contributed by atoms with Crippen LogP contribution in [0.1, 0.15) is 20.8 Å². The van der Waals surface area contributed by atoms with Gasteiger partial charge >= 0.3 is 17.9 Å². The quantitative estimate of drug-likeness (QED) is 0.328. The number of ether oxygens (including phenoxy) is 2. The van der Waals surface area contributed by atoms with Crippen LogP contribution < -0.4 is 0 Å². The molecule has 1 N–H and O–H groups in total. The van der Waals surface area contributed by atoms with Crippen LogP contribution in [0.5, 0.6) is 0 Å². The lowest BCUT2D eigenvalue weighted by atomic mass is 10.3. The number of carboxylic acid groups (broad SMARTS) is 1. The maximum absolute atomic E-state index is 10.8. The van der Waals surface area contributed by atoms with Crippen molar-refractivity contribution < 1.29 is 33.8 Å². The van der Waals surface area contributed by atoms with Crippen molar-refractivity contribution in [3.63, 3.8) is 0 Å². The van der Waals surface area contributed by atoms with E-state index in [9.17, 15) is 14.4 Å². The van der Waals surface area contributed by atoms with Crippen LogP contribution in [0, 0.1) is 0 Å². The van der Waals surface area contributed by atoms with E-state index in [-0.39, 0.29) is 18.1 Å². The molecule has 0 bridgehead atoms. The van der Waals surface area contributed by atoms with Gasteiger partial charge in [-0.3, -0.25) is 4.79 Å². The van der Waals surface area contributed by atoms with Gasteiger partial charge in [-0.2, -0.15) is 0 Å². The van der Waals surface area contributed by atoms with Gasteiger partial charge in [0.05, 0.1) is 18.8 Å². The van der Waals surface area contributed by atoms with Gasteiger partial charge in [0.1, 0.15) is 6.29 Å². The highest BCUT2D eigenvalue weighted by Crippen LogP contribution is 1.96. The molecule has 0 rings (SSSR count). The van der Waals surface area contributed by atoms with Crippen LogP contribution >= 0.6 is 0 Å². The van der Waals surface area contributed by atoms with Gasteiger partial charge in [0.25, 0.3) is 0 Å². The summed E-state index contributed by atoms with van der Waals surface area (Å²) in [6.45, 7) is 15.5. The monoisotopic (exact) mass is 340 g/mol. The van der Waals surface area contributed by atoms with Crippen molar-refractivity contribution in [3.8, 4) is 0 Å². The Morgan fingerprint density at radius 3 is 1.67 bits per heavy atom. The van der Waals surface area contributed by atoms with Gasteiger partial charge in [-0.15, -0.1) is 0 Å². The molecule has 0 aromatic rings.